The number of thiophene rings is 1. The van der Waals surface area contributed by atoms with E-state index >= 15 is 0 Å². The molecule has 0 aliphatic heterocycles. The summed E-state index contributed by atoms with van der Waals surface area (Å²) in [5, 5.41) is 1.64. The summed E-state index contributed by atoms with van der Waals surface area (Å²) in [6.45, 7) is 2.91. The van der Waals surface area contributed by atoms with E-state index in [4.69, 9.17) is 4.74 Å². The first kappa shape index (κ1) is 22.9. The predicted octanol–water partition coefficient (Wildman–Crippen LogP) is 3.39. The minimum atomic E-state index is -3.66. The number of hydrogen-bond acceptors (Lipinski definition) is 6. The van der Waals surface area contributed by atoms with Gasteiger partial charge in [0, 0.05) is 29.2 Å². The molecule has 0 unspecified atom stereocenters. The first-order chi connectivity index (χ1) is 14.7. The van der Waals surface area contributed by atoms with Gasteiger partial charge in [-0.3, -0.25) is 9.59 Å². The lowest BCUT2D eigenvalue weighted by molar-refractivity contribution is -0.142. The van der Waals surface area contributed by atoms with Crippen LogP contribution in [0.1, 0.15) is 28.2 Å². The van der Waals surface area contributed by atoms with Crippen molar-refractivity contribution in [3.63, 3.8) is 0 Å². The highest BCUT2D eigenvalue weighted by atomic mass is 32.2. The van der Waals surface area contributed by atoms with E-state index in [1.807, 2.05) is 0 Å². The fourth-order valence-corrected chi connectivity index (χ4v) is 5.20. The maximum absolute atomic E-state index is 13.6. The van der Waals surface area contributed by atoms with Crippen LogP contribution in [0.5, 0.6) is 0 Å². The zero-order valence-corrected chi connectivity index (χ0v) is 18.6. The fourth-order valence-electron chi connectivity index (χ4n) is 3.13. The van der Waals surface area contributed by atoms with Crippen LogP contribution in [0, 0.1) is 19.7 Å². The molecule has 3 aromatic rings. The molecular formula is C21H21FN2O5S2. The average Bonchev–Trinajstić information content (AvgIpc) is 3.35. The van der Waals surface area contributed by atoms with Crippen molar-refractivity contribution in [1.82, 2.24) is 9.29 Å². The van der Waals surface area contributed by atoms with Crippen molar-refractivity contribution in [1.29, 1.82) is 0 Å². The minimum absolute atomic E-state index is 0.138. The first-order valence-electron chi connectivity index (χ1n) is 9.36. The second-order valence-electron chi connectivity index (χ2n) is 6.76. The Morgan fingerprint density at radius 1 is 1.16 bits per heavy atom. The molecule has 0 spiro atoms. The highest BCUT2D eigenvalue weighted by molar-refractivity contribution is 7.91. The van der Waals surface area contributed by atoms with Gasteiger partial charge >= 0.3 is 5.97 Å². The van der Waals surface area contributed by atoms with Crippen molar-refractivity contribution in [3.8, 4) is 5.69 Å². The molecule has 0 radical (unpaired) electrons. The molecule has 164 valence electrons. The van der Waals surface area contributed by atoms with Gasteiger partial charge in [0.15, 0.2) is 6.61 Å². The van der Waals surface area contributed by atoms with Gasteiger partial charge < -0.3 is 9.30 Å². The Labute approximate surface area is 183 Å². The van der Waals surface area contributed by atoms with Crippen molar-refractivity contribution in [2.45, 2.75) is 24.5 Å². The van der Waals surface area contributed by atoms with Crippen LogP contribution in [0.3, 0.4) is 0 Å². The average molecular weight is 465 g/mol. The molecule has 0 saturated heterocycles. The number of carbonyl (C=O) groups excluding carboxylic acids is 2. The second-order valence-corrected chi connectivity index (χ2v) is 9.71. The molecule has 0 amide bonds. The first-order valence-corrected chi connectivity index (χ1v) is 11.7. The van der Waals surface area contributed by atoms with E-state index in [0.717, 1.165) is 17.0 Å². The monoisotopic (exact) mass is 464 g/mol. The molecule has 0 aliphatic rings. The van der Waals surface area contributed by atoms with Crippen molar-refractivity contribution in [2.75, 3.05) is 13.2 Å². The second kappa shape index (κ2) is 9.54. The van der Waals surface area contributed by atoms with Gasteiger partial charge in [-0.15, -0.1) is 11.3 Å². The van der Waals surface area contributed by atoms with Crippen LogP contribution in [0.2, 0.25) is 0 Å². The molecular weight excluding hydrogens is 443 g/mol. The van der Waals surface area contributed by atoms with Gasteiger partial charge in [-0.1, -0.05) is 12.1 Å². The Kier molecular flexibility index (Phi) is 7.04. The Hall–Kier alpha value is -2.82. The third-order valence-electron chi connectivity index (χ3n) is 4.54. The molecule has 2 heterocycles. The van der Waals surface area contributed by atoms with E-state index in [1.54, 1.807) is 48.1 Å². The van der Waals surface area contributed by atoms with E-state index in [9.17, 15) is 22.4 Å². The predicted molar refractivity (Wildman–Crippen MR) is 115 cm³/mol. The molecule has 1 aromatic carbocycles. The lowest BCUT2D eigenvalue weighted by atomic mass is 10.1. The number of hydrogen-bond donors (Lipinski definition) is 1. The number of ether oxygens (including phenoxy) is 1. The van der Waals surface area contributed by atoms with Crippen molar-refractivity contribution < 1.29 is 27.1 Å². The number of rotatable bonds is 9. The van der Waals surface area contributed by atoms with E-state index in [2.05, 4.69) is 4.72 Å². The smallest absolute Gasteiger partial charge is 0.307 e. The summed E-state index contributed by atoms with van der Waals surface area (Å²) in [5.41, 5.74) is 2.30. The molecule has 1 N–H and O–H groups in total. The maximum atomic E-state index is 13.6. The largest absolute Gasteiger partial charge is 0.457 e. The molecule has 7 nitrogen and oxygen atoms in total. The Bertz CT molecular complexity index is 1200. The van der Waals surface area contributed by atoms with Crippen LogP contribution in [0.15, 0.2) is 52.1 Å². The lowest BCUT2D eigenvalue weighted by Crippen LogP contribution is -2.26. The number of carbonyl (C=O) groups is 2. The number of halogens is 1. The number of sulfonamides is 1. The standard InChI is InChI=1S/C21H21FN2O5S2/c1-14-11-18(15(2)24(14)17-6-3-5-16(22)12-17)19(25)13-29-20(26)8-9-23-31(27,28)21-7-4-10-30-21/h3-7,10-12,23H,8-9,13H2,1-2H3. The van der Waals surface area contributed by atoms with Crippen LogP contribution in [-0.4, -0.2) is 37.9 Å². The zero-order valence-electron chi connectivity index (χ0n) is 16.9. The number of aromatic nitrogens is 1. The molecule has 31 heavy (non-hydrogen) atoms. The van der Waals surface area contributed by atoms with E-state index in [-0.39, 0.29) is 23.0 Å². The number of aryl methyl sites for hydroxylation is 1. The molecule has 0 bridgehead atoms. The van der Waals surface area contributed by atoms with Crippen molar-refractivity contribution >= 4 is 33.1 Å². The van der Waals surface area contributed by atoms with Crippen molar-refractivity contribution in [2.24, 2.45) is 0 Å². The summed E-state index contributed by atoms with van der Waals surface area (Å²) in [6.07, 6.45) is -0.208. The Morgan fingerprint density at radius 2 is 1.94 bits per heavy atom. The SMILES string of the molecule is Cc1cc(C(=O)COC(=O)CCNS(=O)(=O)c2cccs2)c(C)n1-c1cccc(F)c1. The molecule has 10 heteroatoms. The molecule has 3 rings (SSSR count). The summed E-state index contributed by atoms with van der Waals surface area (Å²) in [6, 6.07) is 10.8. The van der Waals surface area contributed by atoms with Gasteiger partial charge in [0.05, 0.1) is 6.42 Å². The topological polar surface area (TPSA) is 94.5 Å². The third-order valence-corrected chi connectivity index (χ3v) is 7.40. The van der Waals surface area contributed by atoms with E-state index in [0.29, 0.717) is 16.9 Å². The van der Waals surface area contributed by atoms with E-state index in [1.165, 1.54) is 18.2 Å². The van der Waals surface area contributed by atoms with Gasteiger partial charge in [0.2, 0.25) is 15.8 Å². The van der Waals surface area contributed by atoms with Gasteiger partial charge in [-0.2, -0.15) is 0 Å². The number of Topliss-reactive ketones (excluding diaryl/α,β-unsaturated/α-hetero) is 1. The summed E-state index contributed by atoms with van der Waals surface area (Å²) in [5.74, 6) is -1.48. The summed E-state index contributed by atoms with van der Waals surface area (Å²) >= 11 is 1.07. The summed E-state index contributed by atoms with van der Waals surface area (Å²) in [7, 11) is -3.66. The number of ketones is 1. The highest BCUT2D eigenvalue weighted by Crippen LogP contribution is 2.22. The fraction of sp³-hybridized carbons (Fsp3) is 0.238. The zero-order chi connectivity index (χ0) is 22.6. The van der Waals surface area contributed by atoms with Crippen molar-refractivity contribution in [3.05, 3.63) is 70.6 Å². The quantitative estimate of drug-likeness (QED) is 0.387. The highest BCUT2D eigenvalue weighted by Gasteiger charge is 2.19. The summed E-state index contributed by atoms with van der Waals surface area (Å²) in [4.78, 5) is 24.5. The van der Waals surface area contributed by atoms with Gasteiger partial charge in [-0.05, 0) is 49.6 Å². The maximum Gasteiger partial charge on any atom is 0.307 e. The van der Waals surface area contributed by atoms with Crippen LogP contribution in [0.25, 0.3) is 5.69 Å². The normalized spacial score (nSPS) is 11.5. The molecule has 0 aliphatic carbocycles. The molecule has 0 saturated carbocycles. The Balaban J connectivity index is 1.56. The lowest BCUT2D eigenvalue weighted by Gasteiger charge is -2.10. The van der Waals surface area contributed by atoms with Crippen LogP contribution >= 0.6 is 11.3 Å². The van der Waals surface area contributed by atoms with E-state index < -0.39 is 28.4 Å². The van der Waals surface area contributed by atoms with Crippen LogP contribution < -0.4 is 4.72 Å². The number of nitrogens with one attached hydrogen (secondary N) is 1. The number of esters is 1. The molecule has 2 aromatic heterocycles. The Morgan fingerprint density at radius 3 is 2.61 bits per heavy atom. The van der Waals surface area contributed by atoms with Crippen LogP contribution in [-0.2, 0) is 19.6 Å². The minimum Gasteiger partial charge on any atom is -0.457 e. The van der Waals surface area contributed by atoms with Gasteiger partial charge in [0.25, 0.3) is 0 Å². The number of benzene rings is 1. The number of nitrogens with zero attached hydrogens (tertiary/aromatic N) is 1. The molecule has 0 atom stereocenters. The van der Waals surface area contributed by atoms with Gasteiger partial charge in [-0.25, -0.2) is 17.5 Å². The third kappa shape index (κ3) is 5.46. The summed E-state index contributed by atoms with van der Waals surface area (Å²) < 4.78 is 46.8. The van der Waals surface area contributed by atoms with Crippen LogP contribution in [0.4, 0.5) is 4.39 Å². The molecule has 0 fully saturated rings. The van der Waals surface area contributed by atoms with Gasteiger partial charge in [0.1, 0.15) is 10.0 Å².